The second kappa shape index (κ2) is 2.72. The Morgan fingerprint density at radius 2 is 2.25 bits per heavy atom. The summed E-state index contributed by atoms with van der Waals surface area (Å²) in [5.41, 5.74) is 1.34. The molecule has 2 saturated carbocycles. The van der Waals surface area contributed by atoms with Gasteiger partial charge in [-0.15, -0.1) is 0 Å². The number of fused-ring (bicyclic) bond motifs is 1. The number of carbonyl (C=O) groups excluding carboxylic acids is 1. The Morgan fingerprint density at radius 3 is 2.75 bits per heavy atom. The Hall–Kier alpha value is -0.590. The lowest BCUT2D eigenvalue weighted by Gasteiger charge is -2.06. The summed E-state index contributed by atoms with van der Waals surface area (Å²) in [4.78, 5) is 11.5. The van der Waals surface area contributed by atoms with Crippen molar-refractivity contribution in [1.29, 1.82) is 0 Å². The third-order valence-corrected chi connectivity index (χ3v) is 3.09. The Kier molecular flexibility index (Phi) is 1.82. The zero-order valence-corrected chi connectivity index (χ0v) is 7.84. The minimum Gasteiger partial charge on any atom is -0.299 e. The average Bonchev–Trinajstić information content (AvgIpc) is 2.70. The van der Waals surface area contributed by atoms with Crippen molar-refractivity contribution in [2.24, 2.45) is 17.8 Å². The van der Waals surface area contributed by atoms with Gasteiger partial charge < -0.3 is 0 Å². The van der Waals surface area contributed by atoms with Crippen molar-refractivity contribution < 1.29 is 4.79 Å². The standard InChI is InChI=1S/C11H16O/c1-7(2)3-4-8-5-9-6-10(9)11(8)12/h3,8-10H,4-6H2,1-2H3. The molecule has 2 aliphatic rings. The van der Waals surface area contributed by atoms with Crippen molar-refractivity contribution in [3.63, 3.8) is 0 Å². The molecule has 1 nitrogen and oxygen atoms in total. The Morgan fingerprint density at radius 1 is 1.50 bits per heavy atom. The molecule has 2 aliphatic carbocycles. The highest BCUT2D eigenvalue weighted by Crippen LogP contribution is 2.52. The lowest BCUT2D eigenvalue weighted by Crippen LogP contribution is -2.09. The lowest BCUT2D eigenvalue weighted by molar-refractivity contribution is -0.122. The third kappa shape index (κ3) is 1.33. The number of hydrogen-bond acceptors (Lipinski definition) is 1. The summed E-state index contributed by atoms with van der Waals surface area (Å²) in [5, 5.41) is 0. The number of Topliss-reactive ketones (excluding diaryl/α,β-unsaturated/α-hetero) is 1. The first kappa shape index (κ1) is 8.03. The summed E-state index contributed by atoms with van der Waals surface area (Å²) in [7, 11) is 0. The van der Waals surface area contributed by atoms with Crippen LogP contribution in [0.15, 0.2) is 11.6 Å². The van der Waals surface area contributed by atoms with Gasteiger partial charge in [0.25, 0.3) is 0 Å². The van der Waals surface area contributed by atoms with Gasteiger partial charge in [0.2, 0.25) is 0 Å². The smallest absolute Gasteiger partial charge is 0.139 e. The average molecular weight is 164 g/mol. The third-order valence-electron chi connectivity index (χ3n) is 3.09. The first-order chi connectivity index (χ1) is 5.68. The number of hydrogen-bond donors (Lipinski definition) is 0. The zero-order chi connectivity index (χ0) is 8.72. The number of carbonyl (C=O) groups is 1. The molecule has 3 unspecified atom stereocenters. The molecule has 0 aromatic heterocycles. The molecule has 0 amide bonds. The second-order valence-corrected chi connectivity index (χ2v) is 4.45. The number of allylic oxidation sites excluding steroid dienone is 2. The Labute approximate surface area is 73.8 Å². The van der Waals surface area contributed by atoms with Gasteiger partial charge in [0.1, 0.15) is 5.78 Å². The summed E-state index contributed by atoms with van der Waals surface area (Å²) in [5.74, 6) is 2.20. The maximum Gasteiger partial charge on any atom is 0.139 e. The van der Waals surface area contributed by atoms with Crippen LogP contribution in [0.5, 0.6) is 0 Å². The second-order valence-electron chi connectivity index (χ2n) is 4.45. The van der Waals surface area contributed by atoms with Gasteiger partial charge >= 0.3 is 0 Å². The SMILES string of the molecule is CC(C)=CCC1CC2CC2C1=O. The van der Waals surface area contributed by atoms with Gasteiger partial charge in [-0.1, -0.05) is 11.6 Å². The van der Waals surface area contributed by atoms with E-state index >= 15 is 0 Å². The Balaban J connectivity index is 1.90. The zero-order valence-electron chi connectivity index (χ0n) is 7.84. The van der Waals surface area contributed by atoms with Gasteiger partial charge in [-0.25, -0.2) is 0 Å². The maximum absolute atomic E-state index is 11.5. The summed E-state index contributed by atoms with van der Waals surface area (Å²) >= 11 is 0. The Bertz CT molecular complexity index is 235. The van der Waals surface area contributed by atoms with Gasteiger partial charge in [-0.3, -0.25) is 4.79 Å². The van der Waals surface area contributed by atoms with Crippen molar-refractivity contribution in [3.05, 3.63) is 11.6 Å². The highest BCUT2D eigenvalue weighted by atomic mass is 16.1. The van der Waals surface area contributed by atoms with Crippen LogP contribution in [0.1, 0.15) is 33.1 Å². The predicted molar refractivity (Wildman–Crippen MR) is 48.8 cm³/mol. The van der Waals surface area contributed by atoms with E-state index in [1.165, 1.54) is 18.4 Å². The molecule has 0 aliphatic heterocycles. The molecule has 0 saturated heterocycles. The van der Waals surface area contributed by atoms with E-state index in [0.717, 1.165) is 12.3 Å². The van der Waals surface area contributed by atoms with Crippen molar-refractivity contribution in [3.8, 4) is 0 Å². The molecule has 0 spiro atoms. The summed E-state index contributed by atoms with van der Waals surface area (Å²) in [6.45, 7) is 4.19. The van der Waals surface area contributed by atoms with Crippen LogP contribution in [0.25, 0.3) is 0 Å². The van der Waals surface area contributed by atoms with E-state index in [1.807, 2.05) is 0 Å². The molecule has 1 heteroatoms. The largest absolute Gasteiger partial charge is 0.299 e. The van der Waals surface area contributed by atoms with Gasteiger partial charge in [0.15, 0.2) is 0 Å². The van der Waals surface area contributed by atoms with E-state index in [4.69, 9.17) is 0 Å². The monoisotopic (exact) mass is 164 g/mol. The highest BCUT2D eigenvalue weighted by Gasteiger charge is 2.52. The highest BCUT2D eigenvalue weighted by molar-refractivity contribution is 5.88. The molecule has 0 aromatic carbocycles. The van der Waals surface area contributed by atoms with Crippen LogP contribution in [-0.4, -0.2) is 5.78 Å². The fourth-order valence-electron chi connectivity index (χ4n) is 2.23. The quantitative estimate of drug-likeness (QED) is 0.573. The molecule has 2 rings (SSSR count). The van der Waals surface area contributed by atoms with E-state index in [-0.39, 0.29) is 0 Å². The molecule has 0 N–H and O–H groups in total. The van der Waals surface area contributed by atoms with Gasteiger partial charge in [-0.05, 0) is 39.0 Å². The van der Waals surface area contributed by atoms with Crippen molar-refractivity contribution in [2.75, 3.05) is 0 Å². The van der Waals surface area contributed by atoms with Crippen LogP contribution in [0.4, 0.5) is 0 Å². The topological polar surface area (TPSA) is 17.1 Å². The van der Waals surface area contributed by atoms with Crippen molar-refractivity contribution in [2.45, 2.75) is 33.1 Å². The van der Waals surface area contributed by atoms with Crippen LogP contribution >= 0.6 is 0 Å². The first-order valence-electron chi connectivity index (χ1n) is 4.85. The van der Waals surface area contributed by atoms with Gasteiger partial charge in [-0.2, -0.15) is 0 Å². The minimum atomic E-state index is 0.378. The van der Waals surface area contributed by atoms with Crippen LogP contribution in [0, 0.1) is 17.8 Å². The molecule has 0 heterocycles. The van der Waals surface area contributed by atoms with Gasteiger partial charge in [0.05, 0.1) is 0 Å². The van der Waals surface area contributed by atoms with Gasteiger partial charge in [0, 0.05) is 11.8 Å². The van der Waals surface area contributed by atoms with Crippen LogP contribution in [0.3, 0.4) is 0 Å². The van der Waals surface area contributed by atoms with Crippen LogP contribution in [0.2, 0.25) is 0 Å². The molecule has 0 radical (unpaired) electrons. The number of ketones is 1. The summed E-state index contributed by atoms with van der Waals surface area (Å²) in [6, 6.07) is 0. The van der Waals surface area contributed by atoms with Crippen molar-refractivity contribution in [1.82, 2.24) is 0 Å². The number of rotatable bonds is 2. The molecule has 2 fully saturated rings. The molecule has 0 aromatic rings. The van der Waals surface area contributed by atoms with Crippen molar-refractivity contribution >= 4 is 5.78 Å². The summed E-state index contributed by atoms with van der Waals surface area (Å²) < 4.78 is 0. The molecule has 12 heavy (non-hydrogen) atoms. The fraction of sp³-hybridized carbons (Fsp3) is 0.727. The minimum absolute atomic E-state index is 0.378. The van der Waals surface area contributed by atoms with E-state index in [1.54, 1.807) is 0 Å². The lowest BCUT2D eigenvalue weighted by atomic mass is 9.97. The predicted octanol–water partition coefficient (Wildman–Crippen LogP) is 2.57. The summed E-state index contributed by atoms with van der Waals surface area (Å²) in [6.07, 6.45) is 5.57. The molecule has 0 bridgehead atoms. The van der Waals surface area contributed by atoms with E-state index in [2.05, 4.69) is 19.9 Å². The van der Waals surface area contributed by atoms with E-state index in [0.29, 0.717) is 17.6 Å². The molecule has 66 valence electrons. The molecular formula is C11H16O. The molecule has 3 atom stereocenters. The fourth-order valence-corrected chi connectivity index (χ4v) is 2.23. The normalized spacial score (nSPS) is 37.8. The van der Waals surface area contributed by atoms with E-state index in [9.17, 15) is 4.79 Å². The molecular weight excluding hydrogens is 148 g/mol. The van der Waals surface area contributed by atoms with Crippen LogP contribution < -0.4 is 0 Å². The van der Waals surface area contributed by atoms with E-state index < -0.39 is 0 Å². The van der Waals surface area contributed by atoms with Crippen LogP contribution in [-0.2, 0) is 4.79 Å². The maximum atomic E-state index is 11.5. The first-order valence-corrected chi connectivity index (χ1v) is 4.85.